The van der Waals surface area contributed by atoms with E-state index in [9.17, 15) is 22.4 Å². The van der Waals surface area contributed by atoms with E-state index in [1.807, 2.05) is 72.5 Å². The lowest BCUT2D eigenvalue weighted by Crippen LogP contribution is -2.40. The molecule has 1 aliphatic rings. The summed E-state index contributed by atoms with van der Waals surface area (Å²) in [5, 5.41) is 0. The van der Waals surface area contributed by atoms with E-state index in [4.69, 9.17) is 4.98 Å². The molecule has 0 saturated carbocycles. The minimum atomic E-state index is -4.61. The summed E-state index contributed by atoms with van der Waals surface area (Å²) in [6, 6.07) is 21.7. The summed E-state index contributed by atoms with van der Waals surface area (Å²) in [5.41, 5.74) is 2.10. The minimum absolute atomic E-state index is 0.0948. The molecule has 0 bridgehead atoms. The van der Waals surface area contributed by atoms with Crippen LogP contribution in [0.3, 0.4) is 0 Å². The second kappa shape index (κ2) is 9.94. The van der Waals surface area contributed by atoms with Crippen LogP contribution in [0.1, 0.15) is 45.4 Å². The second-order valence-electron chi connectivity index (χ2n) is 9.25. The molecule has 5 rings (SSSR count). The predicted octanol–water partition coefficient (Wildman–Crippen LogP) is 5.91. The maximum atomic E-state index is 14.5. The summed E-state index contributed by atoms with van der Waals surface area (Å²) >= 11 is 0. The largest absolute Gasteiger partial charge is 0.416 e. The van der Waals surface area contributed by atoms with E-state index in [0.717, 1.165) is 17.2 Å². The van der Waals surface area contributed by atoms with Crippen LogP contribution in [-0.4, -0.2) is 21.0 Å². The number of benzene rings is 3. The van der Waals surface area contributed by atoms with Gasteiger partial charge in [0.05, 0.1) is 22.9 Å². The van der Waals surface area contributed by atoms with E-state index in [2.05, 4.69) is 0 Å². The molecule has 0 spiro atoms. The van der Waals surface area contributed by atoms with Gasteiger partial charge < -0.3 is 0 Å². The first-order valence-corrected chi connectivity index (χ1v) is 12.0. The Morgan fingerprint density at radius 1 is 0.946 bits per heavy atom. The quantitative estimate of drug-likeness (QED) is 0.316. The average molecular weight is 508 g/mol. The zero-order valence-electron chi connectivity index (χ0n) is 20.2. The number of alkyl halides is 3. The fourth-order valence-electron chi connectivity index (χ4n) is 4.96. The molecule has 4 nitrogen and oxygen atoms in total. The highest BCUT2D eigenvalue weighted by Gasteiger charge is 2.32. The van der Waals surface area contributed by atoms with E-state index in [0.29, 0.717) is 36.1 Å². The lowest BCUT2D eigenvalue weighted by molar-refractivity contribution is -0.137. The van der Waals surface area contributed by atoms with Crippen molar-refractivity contribution in [1.82, 2.24) is 14.5 Å². The summed E-state index contributed by atoms with van der Waals surface area (Å²) < 4.78 is 55.0. The standard InChI is InChI=1S/C29H25F4N3O/c1-19-34-26-14-15-35(17-22-12-13-23(16-25(22)30)29(31,32)33)18-24(26)28(37)36(19)27(20-8-4-2-5-9-20)21-10-6-3-7-11-21/h2-13,16,27H,14-15,17-18H2,1H3. The molecule has 3 aromatic carbocycles. The number of nitrogens with zero attached hydrogens (tertiary/aromatic N) is 3. The van der Waals surface area contributed by atoms with Gasteiger partial charge in [-0.3, -0.25) is 14.3 Å². The molecule has 0 saturated heterocycles. The van der Waals surface area contributed by atoms with E-state index in [-0.39, 0.29) is 30.3 Å². The summed E-state index contributed by atoms with van der Waals surface area (Å²) in [6.45, 7) is 2.67. The number of rotatable bonds is 5. The lowest BCUT2D eigenvalue weighted by Gasteiger charge is -2.30. The van der Waals surface area contributed by atoms with Gasteiger partial charge in [-0.2, -0.15) is 13.2 Å². The Labute approximate surface area is 211 Å². The van der Waals surface area contributed by atoms with E-state index < -0.39 is 17.6 Å². The van der Waals surface area contributed by atoms with E-state index >= 15 is 0 Å². The molecule has 0 N–H and O–H groups in total. The van der Waals surface area contributed by atoms with Crippen LogP contribution in [0.5, 0.6) is 0 Å². The molecule has 8 heteroatoms. The Kier molecular flexibility index (Phi) is 6.69. The number of aryl methyl sites for hydroxylation is 1. The Morgan fingerprint density at radius 3 is 2.14 bits per heavy atom. The molecule has 4 aromatic rings. The highest BCUT2D eigenvalue weighted by atomic mass is 19.4. The normalized spacial score (nSPS) is 14.1. The van der Waals surface area contributed by atoms with Gasteiger partial charge in [0, 0.05) is 31.6 Å². The average Bonchev–Trinajstić information content (AvgIpc) is 2.88. The van der Waals surface area contributed by atoms with Crippen LogP contribution in [0.15, 0.2) is 83.7 Å². The van der Waals surface area contributed by atoms with Gasteiger partial charge in [0.2, 0.25) is 0 Å². The van der Waals surface area contributed by atoms with Crippen molar-refractivity contribution in [3.63, 3.8) is 0 Å². The summed E-state index contributed by atoms with van der Waals surface area (Å²) in [6.07, 6.45) is -4.11. The third kappa shape index (κ3) is 5.06. The fourth-order valence-corrected chi connectivity index (χ4v) is 4.96. The maximum Gasteiger partial charge on any atom is 0.416 e. The lowest BCUT2D eigenvalue weighted by atomic mass is 9.97. The van der Waals surface area contributed by atoms with Crippen molar-refractivity contribution in [2.24, 2.45) is 0 Å². The molecule has 0 aliphatic carbocycles. The molecular formula is C29H25F4N3O. The Bertz CT molecular complexity index is 1430. The Morgan fingerprint density at radius 2 is 1.57 bits per heavy atom. The first-order valence-electron chi connectivity index (χ1n) is 12.0. The van der Waals surface area contributed by atoms with Gasteiger partial charge in [0.1, 0.15) is 11.6 Å². The third-order valence-corrected chi connectivity index (χ3v) is 6.78. The molecule has 0 unspecified atom stereocenters. The van der Waals surface area contributed by atoms with Crippen molar-refractivity contribution >= 4 is 0 Å². The molecule has 190 valence electrons. The molecule has 1 aliphatic heterocycles. The van der Waals surface area contributed by atoms with E-state index in [1.54, 1.807) is 4.57 Å². The van der Waals surface area contributed by atoms with Gasteiger partial charge in [0.15, 0.2) is 0 Å². The summed E-state index contributed by atoms with van der Waals surface area (Å²) in [4.78, 5) is 20.6. The van der Waals surface area contributed by atoms with Crippen LogP contribution in [0.4, 0.5) is 17.6 Å². The van der Waals surface area contributed by atoms with Gasteiger partial charge in [-0.1, -0.05) is 66.7 Å². The maximum absolute atomic E-state index is 14.5. The van der Waals surface area contributed by atoms with Gasteiger partial charge in [0.25, 0.3) is 5.56 Å². The summed E-state index contributed by atoms with van der Waals surface area (Å²) in [7, 11) is 0. The molecular weight excluding hydrogens is 482 g/mol. The van der Waals surface area contributed by atoms with Crippen LogP contribution in [0.2, 0.25) is 0 Å². The number of hydrogen-bond acceptors (Lipinski definition) is 3. The van der Waals surface area contributed by atoms with Crippen LogP contribution in [-0.2, 0) is 25.7 Å². The first kappa shape index (κ1) is 24.9. The predicted molar refractivity (Wildman–Crippen MR) is 133 cm³/mol. The number of halogens is 4. The minimum Gasteiger partial charge on any atom is -0.294 e. The first-order chi connectivity index (χ1) is 17.7. The topological polar surface area (TPSA) is 38.1 Å². The molecule has 0 amide bonds. The number of fused-ring (bicyclic) bond motifs is 1. The number of aromatic nitrogens is 2. The highest BCUT2D eigenvalue weighted by Crippen LogP contribution is 2.31. The van der Waals surface area contributed by atoms with Crippen LogP contribution in [0.25, 0.3) is 0 Å². The molecule has 1 aromatic heterocycles. The summed E-state index contributed by atoms with van der Waals surface area (Å²) in [5.74, 6) is -0.308. The van der Waals surface area contributed by atoms with Crippen molar-refractivity contribution in [3.8, 4) is 0 Å². The molecule has 2 heterocycles. The van der Waals surface area contributed by atoms with Gasteiger partial charge in [-0.15, -0.1) is 0 Å². The zero-order valence-corrected chi connectivity index (χ0v) is 20.2. The smallest absolute Gasteiger partial charge is 0.294 e. The van der Waals surface area contributed by atoms with Gasteiger partial charge in [-0.05, 0) is 30.2 Å². The van der Waals surface area contributed by atoms with Gasteiger partial charge in [-0.25, -0.2) is 9.37 Å². The molecule has 37 heavy (non-hydrogen) atoms. The second-order valence-corrected chi connectivity index (χ2v) is 9.25. The highest BCUT2D eigenvalue weighted by molar-refractivity contribution is 5.35. The van der Waals surface area contributed by atoms with Crippen molar-refractivity contribution in [2.45, 2.75) is 38.7 Å². The monoisotopic (exact) mass is 507 g/mol. The third-order valence-electron chi connectivity index (χ3n) is 6.78. The van der Waals surface area contributed by atoms with Crippen molar-refractivity contribution < 1.29 is 17.6 Å². The molecule has 0 atom stereocenters. The zero-order chi connectivity index (χ0) is 26.2. The van der Waals surface area contributed by atoms with Crippen LogP contribution in [0, 0.1) is 12.7 Å². The SMILES string of the molecule is Cc1nc2c(c(=O)n1C(c1ccccc1)c1ccccc1)CN(Cc1ccc(C(F)(F)F)cc1F)CC2. The van der Waals surface area contributed by atoms with Crippen molar-refractivity contribution in [3.05, 3.63) is 134 Å². The van der Waals surface area contributed by atoms with Crippen molar-refractivity contribution in [1.29, 1.82) is 0 Å². The Balaban J connectivity index is 1.50. The van der Waals surface area contributed by atoms with Gasteiger partial charge >= 0.3 is 6.18 Å². The van der Waals surface area contributed by atoms with Crippen LogP contribution < -0.4 is 5.56 Å². The Hall–Kier alpha value is -3.78. The van der Waals surface area contributed by atoms with Crippen LogP contribution >= 0.6 is 0 Å². The van der Waals surface area contributed by atoms with Crippen molar-refractivity contribution in [2.75, 3.05) is 6.54 Å². The molecule has 0 radical (unpaired) electrons. The van der Waals surface area contributed by atoms with E-state index in [1.165, 1.54) is 6.07 Å². The fraction of sp³-hybridized carbons (Fsp3) is 0.241. The molecule has 0 fully saturated rings. The number of hydrogen-bond donors (Lipinski definition) is 0.